The minimum Gasteiger partial charge on any atom is -0.478 e. The van der Waals surface area contributed by atoms with Crippen molar-refractivity contribution in [3.8, 4) is 96.1 Å². The van der Waals surface area contributed by atoms with Crippen molar-refractivity contribution in [3.05, 3.63) is 230 Å². The van der Waals surface area contributed by atoms with Gasteiger partial charge in [0.1, 0.15) is 17.1 Å². The normalized spacial score (nSPS) is 11.3. The van der Waals surface area contributed by atoms with Gasteiger partial charge in [-0.1, -0.05) is 195 Å². The standard InChI is InChI=1S/C30H21NO3.C28H18F3NO4S.CH4/c32-27(33)19-18-21-10-9-15-24(20-21)25-16-7-8-17-26(25)30-31-28(22-11-3-1-4-12-22)29(34-30)23-13-5-2-6-14-23;29-28(30,31)37(33,34)36-22-15-9-14-21(18-22)23-16-7-8-17-24(23)27-32-25(19-10-3-1-4-11-19)26(35-27)20-12-5-2-6-13-20;/h1-20H,(H,32,33);1-18H;1H4/b19-18+;;. The summed E-state index contributed by atoms with van der Waals surface area (Å²) >= 11 is 0. The van der Waals surface area contributed by atoms with Crippen molar-refractivity contribution in [2.75, 3.05) is 0 Å². The Morgan fingerprint density at radius 1 is 0.486 bits per heavy atom. The number of alkyl halides is 3. The van der Waals surface area contributed by atoms with Gasteiger partial charge in [0.2, 0.25) is 11.8 Å². The lowest BCUT2D eigenvalue weighted by molar-refractivity contribution is -0.131. The van der Waals surface area contributed by atoms with E-state index < -0.39 is 27.3 Å². The zero-order chi connectivity index (χ0) is 49.4. The van der Waals surface area contributed by atoms with Crippen molar-refractivity contribution >= 4 is 22.2 Å². The largest absolute Gasteiger partial charge is 0.534 e. The van der Waals surface area contributed by atoms with E-state index in [1.165, 1.54) is 12.1 Å². The van der Waals surface area contributed by atoms with E-state index in [-0.39, 0.29) is 7.43 Å². The van der Waals surface area contributed by atoms with Crippen molar-refractivity contribution in [1.29, 1.82) is 0 Å². The summed E-state index contributed by atoms with van der Waals surface area (Å²) in [6.45, 7) is 0. The highest BCUT2D eigenvalue weighted by molar-refractivity contribution is 7.88. The Bertz CT molecular complexity index is 3480. The molecule has 0 saturated heterocycles. The van der Waals surface area contributed by atoms with Crippen molar-refractivity contribution in [1.82, 2.24) is 9.97 Å². The molecule has 2 heterocycles. The molecule has 9 nitrogen and oxygen atoms in total. The molecule has 72 heavy (non-hydrogen) atoms. The maximum absolute atomic E-state index is 12.8. The van der Waals surface area contributed by atoms with Crippen molar-refractivity contribution in [2.24, 2.45) is 0 Å². The first-order chi connectivity index (χ1) is 34.4. The summed E-state index contributed by atoms with van der Waals surface area (Å²) in [5, 5.41) is 8.96. The summed E-state index contributed by atoms with van der Waals surface area (Å²) in [5.74, 6) is 0.654. The van der Waals surface area contributed by atoms with Gasteiger partial charge in [-0.05, 0) is 64.2 Å². The number of carbonyl (C=O) groups is 1. The van der Waals surface area contributed by atoms with E-state index in [9.17, 15) is 26.4 Å². The Hall–Kier alpha value is -9.07. The van der Waals surface area contributed by atoms with Crippen LogP contribution in [-0.4, -0.2) is 35.0 Å². The van der Waals surface area contributed by atoms with Crippen LogP contribution in [0.15, 0.2) is 233 Å². The van der Waals surface area contributed by atoms with E-state index in [1.54, 1.807) is 36.4 Å². The highest BCUT2D eigenvalue weighted by Crippen LogP contribution is 2.42. The van der Waals surface area contributed by atoms with Gasteiger partial charge in [-0.3, -0.25) is 0 Å². The van der Waals surface area contributed by atoms with Crippen LogP contribution < -0.4 is 4.18 Å². The maximum atomic E-state index is 12.8. The Morgan fingerprint density at radius 3 is 1.29 bits per heavy atom. The second-order valence-electron chi connectivity index (χ2n) is 15.8. The van der Waals surface area contributed by atoms with Gasteiger partial charge in [0.15, 0.2) is 11.5 Å². The summed E-state index contributed by atoms with van der Waals surface area (Å²) in [4.78, 5) is 20.6. The number of rotatable bonds is 12. The molecule has 0 spiro atoms. The zero-order valence-electron chi connectivity index (χ0n) is 37.3. The Morgan fingerprint density at radius 2 is 0.861 bits per heavy atom. The van der Waals surface area contributed by atoms with Crippen LogP contribution >= 0.6 is 0 Å². The van der Waals surface area contributed by atoms with Gasteiger partial charge in [0, 0.05) is 39.5 Å². The van der Waals surface area contributed by atoms with Crippen LogP contribution in [0.4, 0.5) is 13.2 Å². The van der Waals surface area contributed by atoms with Gasteiger partial charge in [-0.15, -0.1) is 0 Å². The second-order valence-corrected chi connectivity index (χ2v) is 17.3. The molecule has 0 aliphatic rings. The number of aliphatic carboxylic acids is 1. The first-order valence-electron chi connectivity index (χ1n) is 22.0. The number of aromatic nitrogens is 2. The zero-order valence-corrected chi connectivity index (χ0v) is 38.1. The molecule has 0 aliphatic heterocycles. The van der Waals surface area contributed by atoms with Crippen molar-refractivity contribution in [3.63, 3.8) is 0 Å². The molecule has 13 heteroatoms. The number of oxazole rings is 2. The molecular weight excluding hydrogens is 938 g/mol. The third kappa shape index (κ3) is 11.2. The number of benzene rings is 8. The molecule has 0 radical (unpaired) electrons. The second kappa shape index (κ2) is 21.7. The number of hydrogen-bond donors (Lipinski definition) is 1. The highest BCUT2D eigenvalue weighted by atomic mass is 32.2. The maximum Gasteiger partial charge on any atom is 0.534 e. The average molecular weight is 981 g/mol. The average Bonchev–Trinajstić information content (AvgIpc) is 4.06. The molecule has 10 rings (SSSR count). The van der Waals surface area contributed by atoms with Crippen LogP contribution in [0, 0.1) is 0 Å². The molecule has 0 atom stereocenters. The van der Waals surface area contributed by atoms with E-state index in [0.29, 0.717) is 39.9 Å². The van der Waals surface area contributed by atoms with Crippen LogP contribution in [0.1, 0.15) is 13.0 Å². The first kappa shape index (κ1) is 49.4. The van der Waals surface area contributed by atoms with Crippen LogP contribution in [0.3, 0.4) is 0 Å². The van der Waals surface area contributed by atoms with E-state index in [4.69, 9.17) is 23.9 Å². The SMILES string of the molecule is C.O=C(O)/C=C/c1cccc(-c2ccccc2-c2nc(-c3ccccc3)c(-c3ccccc3)o2)c1.O=S(=O)(Oc1cccc(-c2ccccc2-c2nc(-c3ccccc3)c(-c3ccccc3)o2)c1)C(F)(F)F. The lowest BCUT2D eigenvalue weighted by atomic mass is 9.98. The summed E-state index contributed by atoms with van der Waals surface area (Å²) < 4.78 is 78.4. The van der Waals surface area contributed by atoms with Gasteiger partial charge in [0.05, 0.1) is 0 Å². The Balaban J connectivity index is 0.000000191. The van der Waals surface area contributed by atoms with Gasteiger partial charge in [-0.25, -0.2) is 14.8 Å². The molecule has 0 unspecified atom stereocenters. The lowest BCUT2D eigenvalue weighted by Crippen LogP contribution is -2.28. The molecule has 0 amide bonds. The summed E-state index contributed by atoms with van der Waals surface area (Å²) in [5.41, 5.74) is 4.61. The Labute approximate surface area is 414 Å². The fraction of sp³-hybridized carbons (Fsp3) is 0.0339. The molecule has 0 aliphatic carbocycles. The lowest BCUT2D eigenvalue weighted by Gasteiger charge is -2.11. The number of hydrogen-bond acceptors (Lipinski definition) is 8. The number of halogens is 3. The minimum atomic E-state index is -5.81. The highest BCUT2D eigenvalue weighted by Gasteiger charge is 2.48. The number of nitrogens with zero attached hydrogens (tertiary/aromatic N) is 2. The van der Waals surface area contributed by atoms with E-state index in [1.807, 2.05) is 170 Å². The fourth-order valence-corrected chi connectivity index (χ4v) is 8.19. The van der Waals surface area contributed by atoms with Gasteiger partial charge in [0.25, 0.3) is 0 Å². The monoisotopic (exact) mass is 980 g/mol. The van der Waals surface area contributed by atoms with Crippen LogP contribution in [0.25, 0.3) is 96.4 Å². The van der Waals surface area contributed by atoms with Gasteiger partial charge >= 0.3 is 21.6 Å². The molecule has 0 bridgehead atoms. The van der Waals surface area contributed by atoms with Crippen molar-refractivity contribution in [2.45, 2.75) is 12.9 Å². The van der Waals surface area contributed by atoms with Gasteiger partial charge < -0.3 is 18.1 Å². The molecule has 10 aromatic rings. The van der Waals surface area contributed by atoms with Gasteiger partial charge in [-0.2, -0.15) is 21.6 Å². The minimum absolute atomic E-state index is 0. The van der Waals surface area contributed by atoms with Crippen LogP contribution in [0.2, 0.25) is 0 Å². The first-order valence-corrected chi connectivity index (χ1v) is 23.4. The predicted molar refractivity (Wildman–Crippen MR) is 275 cm³/mol. The molecule has 1 N–H and O–H groups in total. The van der Waals surface area contributed by atoms with E-state index >= 15 is 0 Å². The summed E-state index contributed by atoms with van der Waals surface area (Å²) in [6.07, 6.45) is 2.72. The topological polar surface area (TPSA) is 133 Å². The fourth-order valence-electron chi connectivity index (χ4n) is 7.73. The van der Waals surface area contributed by atoms with Crippen molar-refractivity contribution < 1.29 is 44.5 Å². The summed E-state index contributed by atoms with van der Waals surface area (Å²) in [6, 6.07) is 67.1. The molecule has 2 aromatic heterocycles. The van der Waals surface area contributed by atoms with E-state index in [0.717, 1.165) is 68.1 Å². The third-order valence-electron chi connectivity index (χ3n) is 11.0. The molecule has 8 aromatic carbocycles. The molecule has 0 saturated carbocycles. The number of carboxylic acids is 1. The quantitative estimate of drug-likeness (QED) is 0.0721. The molecular formula is C59H43F3N2O7S. The smallest absolute Gasteiger partial charge is 0.478 e. The molecule has 358 valence electrons. The predicted octanol–water partition coefficient (Wildman–Crippen LogP) is 15.6. The third-order valence-corrected chi connectivity index (χ3v) is 12.0. The van der Waals surface area contributed by atoms with Crippen LogP contribution in [0.5, 0.6) is 5.75 Å². The Kier molecular flexibility index (Phi) is 14.9. The summed E-state index contributed by atoms with van der Waals surface area (Å²) in [7, 11) is -5.81. The number of carboxylic acid groups (broad SMARTS) is 1. The van der Waals surface area contributed by atoms with Crippen LogP contribution in [-0.2, 0) is 14.9 Å². The molecule has 0 fully saturated rings. The van der Waals surface area contributed by atoms with E-state index in [2.05, 4.69) is 4.18 Å².